The first-order chi connectivity index (χ1) is 17.9. The van der Waals surface area contributed by atoms with Crippen LogP contribution in [0.4, 0.5) is 4.39 Å². The van der Waals surface area contributed by atoms with Crippen LogP contribution >= 0.6 is 15.9 Å². The molecule has 1 aliphatic heterocycles. The molecule has 6 rings (SSSR count). The number of benzene rings is 3. The molecule has 0 aliphatic carbocycles. The number of nitrogens with one attached hydrogen (secondary N) is 2. The lowest BCUT2D eigenvalue weighted by Gasteiger charge is -2.23. The van der Waals surface area contributed by atoms with Gasteiger partial charge in [0.15, 0.2) is 6.23 Å². The molecule has 3 aromatic carbocycles. The quantitative estimate of drug-likeness (QED) is 0.314. The Morgan fingerprint density at radius 3 is 2.54 bits per heavy atom. The standard InChI is InChI=1S/C27H21BrFN5O3/c28-18-4-8-20(9-5-18)34-14-21(17-2-6-19(29)7-3-17)25(32-34)26-33(24(35)15-37-26)12-11-16-1-10-22-23(13-16)31-27(36)30-22/h1-10,13-14,26H,11-12,15H2,(H2,30,31,36). The Labute approximate surface area is 218 Å². The second kappa shape index (κ2) is 9.45. The number of nitrogens with zero attached hydrogens (tertiary/aromatic N) is 3. The lowest BCUT2D eigenvalue weighted by atomic mass is 10.1. The summed E-state index contributed by atoms with van der Waals surface area (Å²) in [6.45, 7) is 0.348. The largest absolute Gasteiger partial charge is 0.342 e. The monoisotopic (exact) mass is 561 g/mol. The fourth-order valence-corrected chi connectivity index (χ4v) is 4.82. The zero-order valence-electron chi connectivity index (χ0n) is 19.4. The van der Waals surface area contributed by atoms with E-state index in [-0.39, 0.29) is 24.0 Å². The minimum Gasteiger partial charge on any atom is -0.342 e. The number of halogens is 2. The first kappa shape index (κ1) is 23.4. The molecule has 1 unspecified atom stereocenters. The molecule has 1 saturated heterocycles. The van der Waals surface area contributed by atoms with Crippen molar-refractivity contribution < 1.29 is 13.9 Å². The number of rotatable bonds is 6. The van der Waals surface area contributed by atoms with Gasteiger partial charge in [-0.25, -0.2) is 13.9 Å². The topological polar surface area (TPSA) is 96.0 Å². The van der Waals surface area contributed by atoms with Gasteiger partial charge in [-0.05, 0) is 66.1 Å². The van der Waals surface area contributed by atoms with Crippen molar-refractivity contribution in [3.05, 3.63) is 105 Å². The Balaban J connectivity index is 1.34. The van der Waals surface area contributed by atoms with E-state index >= 15 is 0 Å². The van der Waals surface area contributed by atoms with Crippen LogP contribution in [-0.2, 0) is 16.0 Å². The lowest BCUT2D eigenvalue weighted by molar-refractivity contribution is -0.128. The third-order valence-electron chi connectivity index (χ3n) is 6.41. The number of hydrogen-bond donors (Lipinski definition) is 2. The van der Waals surface area contributed by atoms with Crippen LogP contribution in [0.2, 0.25) is 0 Å². The maximum atomic E-state index is 13.7. The highest BCUT2D eigenvalue weighted by Crippen LogP contribution is 2.35. The number of aromatic amines is 2. The van der Waals surface area contributed by atoms with Crippen molar-refractivity contribution in [3.63, 3.8) is 0 Å². The number of fused-ring (bicyclic) bond motifs is 1. The molecule has 1 atom stereocenters. The molecule has 37 heavy (non-hydrogen) atoms. The maximum absolute atomic E-state index is 13.7. The average molecular weight is 562 g/mol. The van der Waals surface area contributed by atoms with Gasteiger partial charge in [0.1, 0.15) is 18.1 Å². The zero-order chi connectivity index (χ0) is 25.5. The summed E-state index contributed by atoms with van der Waals surface area (Å²) in [6, 6.07) is 19.5. The predicted molar refractivity (Wildman–Crippen MR) is 140 cm³/mol. The number of amides is 1. The number of aromatic nitrogens is 4. The molecule has 0 spiro atoms. The summed E-state index contributed by atoms with van der Waals surface area (Å²) in [5.74, 6) is -0.468. The molecule has 0 bridgehead atoms. The molecule has 1 amide bonds. The second-order valence-electron chi connectivity index (χ2n) is 8.82. The summed E-state index contributed by atoms with van der Waals surface area (Å²) in [5.41, 5.74) is 5.09. The Bertz CT molecular complexity index is 1660. The highest BCUT2D eigenvalue weighted by molar-refractivity contribution is 9.10. The molecule has 0 radical (unpaired) electrons. The van der Waals surface area contributed by atoms with Gasteiger partial charge in [0, 0.05) is 22.8 Å². The average Bonchev–Trinajstić information content (AvgIpc) is 3.59. The van der Waals surface area contributed by atoms with Crippen molar-refractivity contribution in [3.8, 4) is 16.8 Å². The summed E-state index contributed by atoms with van der Waals surface area (Å²) < 4.78 is 22.3. The van der Waals surface area contributed by atoms with Crippen LogP contribution in [-0.4, -0.2) is 43.7 Å². The first-order valence-corrected chi connectivity index (χ1v) is 12.5. The fraction of sp³-hybridized carbons (Fsp3) is 0.148. The summed E-state index contributed by atoms with van der Waals surface area (Å²) >= 11 is 3.45. The molecule has 0 saturated carbocycles. The number of H-pyrrole nitrogens is 2. The molecule has 3 heterocycles. The first-order valence-electron chi connectivity index (χ1n) is 11.7. The second-order valence-corrected chi connectivity index (χ2v) is 9.73. The van der Waals surface area contributed by atoms with E-state index in [0.717, 1.165) is 37.9 Å². The Kier molecular flexibility index (Phi) is 5.97. The Morgan fingerprint density at radius 2 is 1.76 bits per heavy atom. The van der Waals surface area contributed by atoms with Gasteiger partial charge in [0.25, 0.3) is 5.91 Å². The van der Waals surface area contributed by atoms with Crippen molar-refractivity contribution >= 4 is 32.9 Å². The van der Waals surface area contributed by atoms with Crippen LogP contribution in [0.3, 0.4) is 0 Å². The van der Waals surface area contributed by atoms with E-state index in [1.807, 2.05) is 48.7 Å². The molecule has 10 heteroatoms. The van der Waals surface area contributed by atoms with Gasteiger partial charge in [0.2, 0.25) is 0 Å². The van der Waals surface area contributed by atoms with Gasteiger partial charge in [-0.1, -0.05) is 34.1 Å². The van der Waals surface area contributed by atoms with Crippen LogP contribution in [0, 0.1) is 5.82 Å². The van der Waals surface area contributed by atoms with Gasteiger partial charge in [0.05, 0.1) is 16.7 Å². The van der Waals surface area contributed by atoms with Crippen LogP contribution < -0.4 is 5.69 Å². The fourth-order valence-electron chi connectivity index (χ4n) is 4.55. The number of carbonyl (C=O) groups is 1. The van der Waals surface area contributed by atoms with Gasteiger partial charge >= 0.3 is 5.69 Å². The summed E-state index contributed by atoms with van der Waals surface area (Å²) in [4.78, 5) is 31.6. The molecule has 5 aromatic rings. The van der Waals surface area contributed by atoms with E-state index in [9.17, 15) is 14.0 Å². The number of ether oxygens (including phenoxy) is 1. The third kappa shape index (κ3) is 4.61. The van der Waals surface area contributed by atoms with E-state index in [1.165, 1.54) is 12.1 Å². The molecule has 2 aromatic heterocycles. The molecule has 1 fully saturated rings. The summed E-state index contributed by atoms with van der Waals surface area (Å²) in [5, 5.41) is 4.82. The number of hydrogen-bond acceptors (Lipinski definition) is 4. The van der Waals surface area contributed by atoms with Crippen molar-refractivity contribution in [1.82, 2.24) is 24.6 Å². The molecular formula is C27H21BrFN5O3. The van der Waals surface area contributed by atoms with Crippen molar-refractivity contribution in [2.75, 3.05) is 13.2 Å². The van der Waals surface area contributed by atoms with Gasteiger partial charge in [-0.15, -0.1) is 0 Å². The SMILES string of the molecule is O=C1COC(c2nn(-c3ccc(Br)cc3)cc2-c2ccc(F)cc2)N1CCc1ccc2[nH]c(=O)[nH]c2c1. The van der Waals surface area contributed by atoms with Gasteiger partial charge in [-0.3, -0.25) is 4.79 Å². The van der Waals surface area contributed by atoms with Crippen LogP contribution in [0.1, 0.15) is 17.5 Å². The molecule has 186 valence electrons. The minimum atomic E-state index is -0.694. The molecule has 1 aliphatic rings. The van der Waals surface area contributed by atoms with E-state index in [4.69, 9.17) is 9.84 Å². The predicted octanol–water partition coefficient (Wildman–Crippen LogP) is 4.71. The highest BCUT2D eigenvalue weighted by atomic mass is 79.9. The van der Waals surface area contributed by atoms with Crippen molar-refractivity contribution in [2.24, 2.45) is 0 Å². The number of carbonyl (C=O) groups excluding carboxylic acids is 1. The van der Waals surface area contributed by atoms with E-state index < -0.39 is 6.23 Å². The Morgan fingerprint density at radius 1 is 1.00 bits per heavy atom. The molecule has 2 N–H and O–H groups in total. The van der Waals surface area contributed by atoms with E-state index in [0.29, 0.717) is 18.7 Å². The third-order valence-corrected chi connectivity index (χ3v) is 6.94. The zero-order valence-corrected chi connectivity index (χ0v) is 21.0. The number of imidazole rings is 1. The van der Waals surface area contributed by atoms with Crippen molar-refractivity contribution in [2.45, 2.75) is 12.6 Å². The van der Waals surface area contributed by atoms with Gasteiger partial charge < -0.3 is 19.6 Å². The lowest BCUT2D eigenvalue weighted by Crippen LogP contribution is -2.31. The smallest absolute Gasteiger partial charge is 0.323 e. The molecular weight excluding hydrogens is 541 g/mol. The minimum absolute atomic E-state index is 0.0527. The van der Waals surface area contributed by atoms with E-state index in [2.05, 4.69) is 25.9 Å². The van der Waals surface area contributed by atoms with Crippen LogP contribution in [0.5, 0.6) is 0 Å². The summed E-state index contributed by atoms with van der Waals surface area (Å²) in [7, 11) is 0. The van der Waals surface area contributed by atoms with Gasteiger partial charge in [-0.2, -0.15) is 5.10 Å². The summed E-state index contributed by atoms with van der Waals surface area (Å²) in [6.07, 6.45) is 1.74. The molecule has 8 nitrogen and oxygen atoms in total. The van der Waals surface area contributed by atoms with E-state index in [1.54, 1.807) is 21.7 Å². The normalized spacial score (nSPS) is 15.7. The Hall–Kier alpha value is -4.02. The maximum Gasteiger partial charge on any atom is 0.323 e. The van der Waals surface area contributed by atoms with Crippen LogP contribution in [0.25, 0.3) is 27.8 Å². The van der Waals surface area contributed by atoms with Crippen LogP contribution in [0.15, 0.2) is 82.2 Å². The van der Waals surface area contributed by atoms with Crippen molar-refractivity contribution in [1.29, 1.82) is 0 Å². The highest BCUT2D eigenvalue weighted by Gasteiger charge is 2.36.